The summed E-state index contributed by atoms with van der Waals surface area (Å²) in [6, 6.07) is 10.2. The quantitative estimate of drug-likeness (QED) is 0.357. The highest BCUT2D eigenvalue weighted by atomic mass is 35.5. The van der Waals surface area contributed by atoms with E-state index in [1.165, 1.54) is 24.3 Å². The molecular formula is C23H22BClF2N2O4. The molecule has 2 aliphatic heterocycles. The van der Waals surface area contributed by atoms with E-state index in [1.807, 2.05) is 31.2 Å². The highest BCUT2D eigenvalue weighted by Crippen LogP contribution is 2.42. The molecule has 2 aromatic rings. The SMILES string of the molecule is CCOC(=O)C(C(=O)OCC)c1ccc2n1[B-](F)(F)[N+]1=C(Cl)C=CC1=C2c1ccc(C)cc1. The Balaban J connectivity index is 1.99. The van der Waals surface area contributed by atoms with E-state index >= 15 is 8.63 Å². The summed E-state index contributed by atoms with van der Waals surface area (Å²) in [4.78, 5) is 25.4. The van der Waals surface area contributed by atoms with Crippen molar-refractivity contribution in [3.05, 3.63) is 76.8 Å². The number of benzene rings is 1. The molecule has 10 heteroatoms. The molecular weight excluding hydrogens is 453 g/mol. The van der Waals surface area contributed by atoms with Crippen molar-refractivity contribution >= 4 is 41.3 Å². The van der Waals surface area contributed by atoms with Crippen LogP contribution in [0.1, 0.15) is 42.3 Å². The molecule has 6 nitrogen and oxygen atoms in total. The minimum absolute atomic E-state index is 0.0157. The number of aromatic nitrogens is 1. The molecule has 1 aromatic heterocycles. The molecule has 0 N–H and O–H groups in total. The zero-order valence-corrected chi connectivity index (χ0v) is 19.1. The van der Waals surface area contributed by atoms with E-state index in [1.54, 1.807) is 13.8 Å². The monoisotopic (exact) mass is 474 g/mol. The maximum atomic E-state index is 16.0. The van der Waals surface area contributed by atoms with Crippen molar-refractivity contribution in [2.75, 3.05) is 13.2 Å². The number of hydrogen-bond donors (Lipinski definition) is 0. The van der Waals surface area contributed by atoms with E-state index in [0.29, 0.717) is 11.1 Å². The fraction of sp³-hybridized carbons (Fsp3) is 0.261. The smallest absolute Gasteiger partial charge is 0.465 e. The van der Waals surface area contributed by atoms with Gasteiger partial charge in [-0.25, -0.2) is 0 Å². The molecule has 0 bridgehead atoms. The van der Waals surface area contributed by atoms with Gasteiger partial charge in [0.05, 0.1) is 18.8 Å². The number of hydrogen-bond acceptors (Lipinski definition) is 4. The Bertz CT molecular complexity index is 1210. The minimum Gasteiger partial charge on any atom is -0.465 e. The standard InChI is InChI=1S/C23H22BClF2N2O4/c1-4-32-22(30)21(23(31)33-5-2)18-11-10-16-20(15-8-6-14(3)7-9-15)17-12-13-19(25)29(17)24(26,27)28(16)18/h6-13,21H,4-5H2,1-3H3. The number of nitrogens with zero attached hydrogens (tertiary/aromatic N) is 2. The van der Waals surface area contributed by atoms with Crippen molar-refractivity contribution in [2.45, 2.75) is 26.7 Å². The number of carbonyl (C=O) groups is 2. The molecule has 0 aliphatic carbocycles. The molecule has 4 rings (SSSR count). The average Bonchev–Trinajstić information content (AvgIpc) is 3.36. The van der Waals surface area contributed by atoms with Gasteiger partial charge in [0.15, 0.2) is 11.6 Å². The van der Waals surface area contributed by atoms with E-state index in [9.17, 15) is 9.59 Å². The number of carbonyl (C=O) groups excluding carboxylic acids is 2. The van der Waals surface area contributed by atoms with Crippen LogP contribution in [0.25, 0.3) is 5.57 Å². The van der Waals surface area contributed by atoms with Gasteiger partial charge in [0.25, 0.3) is 0 Å². The van der Waals surface area contributed by atoms with Gasteiger partial charge < -0.3 is 27.1 Å². The summed E-state index contributed by atoms with van der Waals surface area (Å²) < 4.78 is 43.5. The Kier molecular flexibility index (Phi) is 6.01. The van der Waals surface area contributed by atoms with Gasteiger partial charge in [-0.15, -0.1) is 0 Å². The van der Waals surface area contributed by atoms with Gasteiger partial charge in [-0.1, -0.05) is 29.8 Å². The number of allylic oxidation sites excluding steroid dienone is 2. The van der Waals surface area contributed by atoms with Crippen LogP contribution in [-0.4, -0.2) is 46.3 Å². The number of halogens is 3. The predicted octanol–water partition coefficient (Wildman–Crippen LogP) is 4.22. The number of rotatable bonds is 6. The van der Waals surface area contributed by atoms with Crippen molar-refractivity contribution in [1.82, 2.24) is 4.48 Å². The highest BCUT2D eigenvalue weighted by Gasteiger charge is 2.56. The van der Waals surface area contributed by atoms with Gasteiger partial charge in [-0.2, -0.15) is 0 Å². The number of aryl methyl sites for hydroxylation is 1. The lowest BCUT2D eigenvalue weighted by molar-refractivity contribution is -0.359. The third-order valence-electron chi connectivity index (χ3n) is 5.63. The first kappa shape index (κ1) is 23.0. The van der Waals surface area contributed by atoms with Crippen LogP contribution in [0.15, 0.2) is 54.2 Å². The predicted molar refractivity (Wildman–Crippen MR) is 121 cm³/mol. The van der Waals surface area contributed by atoms with Crippen molar-refractivity contribution in [1.29, 1.82) is 0 Å². The third kappa shape index (κ3) is 3.70. The second-order valence-electron chi connectivity index (χ2n) is 7.69. The van der Waals surface area contributed by atoms with Crippen LogP contribution in [0.3, 0.4) is 0 Å². The number of fused-ring (bicyclic) bond motifs is 2. The zero-order valence-electron chi connectivity index (χ0n) is 18.3. The van der Waals surface area contributed by atoms with Crippen LogP contribution in [0.2, 0.25) is 0 Å². The third-order valence-corrected chi connectivity index (χ3v) is 5.94. The van der Waals surface area contributed by atoms with Crippen molar-refractivity contribution in [3.8, 4) is 0 Å². The molecule has 1 aromatic carbocycles. The van der Waals surface area contributed by atoms with Crippen molar-refractivity contribution < 1.29 is 32.2 Å². The molecule has 0 saturated heterocycles. The summed E-state index contributed by atoms with van der Waals surface area (Å²) in [5, 5.41) is -0.159. The molecule has 0 amide bonds. The van der Waals surface area contributed by atoms with Crippen molar-refractivity contribution in [3.63, 3.8) is 0 Å². The summed E-state index contributed by atoms with van der Waals surface area (Å²) >= 11 is 6.20. The number of ether oxygens (including phenoxy) is 2. The van der Waals surface area contributed by atoms with E-state index in [0.717, 1.165) is 14.5 Å². The molecule has 3 heterocycles. The van der Waals surface area contributed by atoms with Crippen LogP contribution in [0, 0.1) is 6.92 Å². The topological polar surface area (TPSA) is 60.5 Å². The van der Waals surface area contributed by atoms with Gasteiger partial charge in [0.1, 0.15) is 0 Å². The molecule has 0 spiro atoms. The van der Waals surface area contributed by atoms with Crippen LogP contribution >= 0.6 is 11.6 Å². The average molecular weight is 475 g/mol. The second-order valence-corrected chi connectivity index (χ2v) is 8.08. The molecule has 0 saturated carbocycles. The normalized spacial score (nSPS) is 16.2. The van der Waals surface area contributed by atoms with Crippen LogP contribution < -0.4 is 0 Å². The fourth-order valence-corrected chi connectivity index (χ4v) is 4.52. The van der Waals surface area contributed by atoms with E-state index < -0.39 is 24.8 Å². The van der Waals surface area contributed by atoms with Gasteiger partial charge in [0.2, 0.25) is 5.17 Å². The lowest BCUT2D eigenvalue weighted by Gasteiger charge is -2.33. The van der Waals surface area contributed by atoms with Gasteiger partial charge >= 0.3 is 18.9 Å². The summed E-state index contributed by atoms with van der Waals surface area (Å²) in [6.07, 6.45) is 2.94. The zero-order chi connectivity index (χ0) is 23.9. The highest BCUT2D eigenvalue weighted by molar-refractivity contribution is 6.70. The Morgan fingerprint density at radius 2 is 1.64 bits per heavy atom. The maximum absolute atomic E-state index is 16.0. The van der Waals surface area contributed by atoms with Gasteiger partial charge in [-0.3, -0.25) is 9.59 Å². The summed E-state index contributed by atoms with van der Waals surface area (Å²) in [6.45, 7) is 0.511. The fourth-order valence-electron chi connectivity index (χ4n) is 4.24. The molecule has 2 aliphatic rings. The Morgan fingerprint density at radius 3 is 2.21 bits per heavy atom. The Labute approximate surface area is 194 Å². The van der Waals surface area contributed by atoms with Crippen LogP contribution in [0.5, 0.6) is 0 Å². The maximum Gasteiger partial charge on any atom is 0.738 e. The van der Waals surface area contributed by atoms with Gasteiger partial charge in [0, 0.05) is 23.5 Å². The summed E-state index contributed by atoms with van der Waals surface area (Å²) in [7, 11) is 0. The summed E-state index contributed by atoms with van der Waals surface area (Å²) in [5.41, 5.74) is 2.41. The lowest BCUT2D eigenvalue weighted by Crippen LogP contribution is -2.52. The van der Waals surface area contributed by atoms with Crippen LogP contribution in [-0.2, 0) is 19.1 Å². The summed E-state index contributed by atoms with van der Waals surface area (Å²) in [5.74, 6) is -3.57. The van der Waals surface area contributed by atoms with E-state index in [4.69, 9.17) is 21.1 Å². The van der Waals surface area contributed by atoms with Crippen molar-refractivity contribution in [2.24, 2.45) is 0 Å². The first-order chi connectivity index (χ1) is 15.7. The lowest BCUT2D eigenvalue weighted by atomic mass is 9.85. The molecule has 0 unspecified atom stereocenters. The first-order valence-electron chi connectivity index (χ1n) is 10.6. The van der Waals surface area contributed by atoms with E-state index in [-0.39, 0.29) is 35.5 Å². The minimum atomic E-state index is -4.53. The molecule has 0 radical (unpaired) electrons. The second kappa shape index (κ2) is 8.63. The largest absolute Gasteiger partial charge is 0.738 e. The first-order valence-corrected chi connectivity index (χ1v) is 11.0. The van der Waals surface area contributed by atoms with Crippen LogP contribution in [0.4, 0.5) is 8.63 Å². The molecule has 0 atom stereocenters. The number of esters is 2. The molecule has 172 valence electrons. The van der Waals surface area contributed by atoms with E-state index in [2.05, 4.69) is 0 Å². The molecule has 33 heavy (non-hydrogen) atoms. The Morgan fingerprint density at radius 1 is 1.03 bits per heavy atom. The van der Waals surface area contributed by atoms with Gasteiger partial charge in [-0.05, 0) is 50.1 Å². The Hall–Kier alpha value is -3.20. The molecule has 0 fully saturated rings.